The average molecular weight is 432 g/mol. The van der Waals surface area contributed by atoms with Crippen molar-refractivity contribution in [3.63, 3.8) is 0 Å². The van der Waals surface area contributed by atoms with Crippen molar-refractivity contribution in [2.45, 2.75) is 91.4 Å². The smallest absolute Gasteiger partial charge is 0.156 e. The molecule has 0 bridgehead atoms. The maximum atomic E-state index is 12.4. The van der Waals surface area contributed by atoms with E-state index in [0.717, 1.165) is 30.2 Å². The summed E-state index contributed by atoms with van der Waals surface area (Å²) in [6.07, 6.45) is 18.7. The maximum Gasteiger partial charge on any atom is 0.156 e. The van der Waals surface area contributed by atoms with Gasteiger partial charge in [0.1, 0.15) is 0 Å². The van der Waals surface area contributed by atoms with Crippen LogP contribution in [0.15, 0.2) is 64.7 Å². The van der Waals surface area contributed by atoms with E-state index < -0.39 is 0 Å². The number of nitrogens with zero attached hydrogens (tertiary/aromatic N) is 1. The Hall–Kier alpha value is -2.22. The number of hydrogen-bond acceptors (Lipinski definition) is 2. The Kier molecular flexibility index (Phi) is 9.26. The Morgan fingerprint density at radius 3 is 2.53 bits per heavy atom. The number of ketones is 1. The lowest BCUT2D eigenvalue weighted by Gasteiger charge is -2.22. The summed E-state index contributed by atoms with van der Waals surface area (Å²) < 4.78 is 0. The van der Waals surface area contributed by atoms with Crippen molar-refractivity contribution in [2.75, 3.05) is 0 Å². The van der Waals surface area contributed by atoms with Gasteiger partial charge in [0, 0.05) is 18.6 Å². The standard InChI is InChI=1S/C30H41NO/c1-5-9-22(3)26-13-16-28(17-14-26)31-23(4)12-19-30-25(6-2)15-18-29(32)21-27(30)20-24-10-7-8-11-24/h6,13-19,22,24,27H,5,7-12,20-21H2,1-4H3/b25-6?,30-19+,31-23?. The Balaban J connectivity index is 1.75. The maximum absolute atomic E-state index is 12.4. The minimum absolute atomic E-state index is 0.263. The highest BCUT2D eigenvalue weighted by atomic mass is 16.1. The van der Waals surface area contributed by atoms with E-state index >= 15 is 0 Å². The zero-order valence-electron chi connectivity index (χ0n) is 20.6. The van der Waals surface area contributed by atoms with E-state index in [4.69, 9.17) is 4.99 Å². The minimum atomic E-state index is 0.263. The van der Waals surface area contributed by atoms with Gasteiger partial charge in [0.25, 0.3) is 0 Å². The van der Waals surface area contributed by atoms with Crippen LogP contribution in [-0.2, 0) is 4.79 Å². The predicted molar refractivity (Wildman–Crippen MR) is 138 cm³/mol. The number of hydrogen-bond donors (Lipinski definition) is 0. The highest BCUT2D eigenvalue weighted by Crippen LogP contribution is 2.38. The lowest BCUT2D eigenvalue weighted by molar-refractivity contribution is -0.115. The first-order valence-electron chi connectivity index (χ1n) is 12.7. The van der Waals surface area contributed by atoms with Crippen LogP contribution in [0.2, 0.25) is 0 Å². The van der Waals surface area contributed by atoms with E-state index in [1.165, 1.54) is 55.2 Å². The number of benzene rings is 1. The lowest BCUT2D eigenvalue weighted by atomic mass is 9.82. The van der Waals surface area contributed by atoms with Crippen LogP contribution in [0.3, 0.4) is 0 Å². The Morgan fingerprint density at radius 1 is 1.16 bits per heavy atom. The molecule has 0 saturated heterocycles. The molecular weight excluding hydrogens is 390 g/mol. The predicted octanol–water partition coefficient (Wildman–Crippen LogP) is 8.67. The third-order valence-corrected chi connectivity index (χ3v) is 7.19. The first-order valence-corrected chi connectivity index (χ1v) is 12.7. The molecule has 0 spiro atoms. The highest BCUT2D eigenvalue weighted by Gasteiger charge is 2.26. The van der Waals surface area contributed by atoms with Gasteiger partial charge >= 0.3 is 0 Å². The molecule has 0 aromatic heterocycles. The fourth-order valence-electron chi connectivity index (χ4n) is 5.34. The van der Waals surface area contributed by atoms with Crippen molar-refractivity contribution >= 4 is 17.2 Å². The first-order chi connectivity index (χ1) is 15.5. The van der Waals surface area contributed by atoms with Crippen molar-refractivity contribution in [3.8, 4) is 0 Å². The molecule has 0 aliphatic heterocycles. The highest BCUT2D eigenvalue weighted by molar-refractivity contribution is 5.92. The van der Waals surface area contributed by atoms with Gasteiger partial charge in [-0.05, 0) is 79.4 Å². The Bertz CT molecular complexity index is 878. The van der Waals surface area contributed by atoms with E-state index in [-0.39, 0.29) is 5.78 Å². The van der Waals surface area contributed by atoms with Crippen molar-refractivity contribution in [2.24, 2.45) is 16.8 Å². The molecule has 172 valence electrons. The van der Waals surface area contributed by atoms with Crippen molar-refractivity contribution in [1.29, 1.82) is 0 Å². The summed E-state index contributed by atoms with van der Waals surface area (Å²) in [4.78, 5) is 17.3. The van der Waals surface area contributed by atoms with Gasteiger partial charge in [-0.2, -0.15) is 0 Å². The SMILES string of the molecule is CC=C1C=CC(=O)CC(CC2CCCC2)/C1=C/CC(C)=Nc1ccc(C(C)CCC)cc1. The summed E-state index contributed by atoms with van der Waals surface area (Å²) in [5, 5.41) is 0. The van der Waals surface area contributed by atoms with Crippen LogP contribution in [0.5, 0.6) is 0 Å². The van der Waals surface area contributed by atoms with Gasteiger partial charge in [0.2, 0.25) is 0 Å². The van der Waals surface area contributed by atoms with Gasteiger partial charge in [-0.25, -0.2) is 0 Å². The molecule has 1 saturated carbocycles. The summed E-state index contributed by atoms with van der Waals surface area (Å²) in [5.74, 6) is 1.97. The number of allylic oxidation sites excluding steroid dienone is 6. The number of carbonyl (C=O) groups excluding carboxylic acids is 1. The molecule has 2 atom stereocenters. The zero-order chi connectivity index (χ0) is 22.9. The van der Waals surface area contributed by atoms with Crippen LogP contribution in [-0.4, -0.2) is 11.5 Å². The molecule has 2 heteroatoms. The van der Waals surface area contributed by atoms with Crippen molar-refractivity contribution < 1.29 is 4.79 Å². The topological polar surface area (TPSA) is 29.4 Å². The molecule has 3 rings (SSSR count). The molecule has 0 radical (unpaired) electrons. The van der Waals surface area contributed by atoms with Gasteiger partial charge in [0.15, 0.2) is 5.78 Å². The lowest BCUT2D eigenvalue weighted by Crippen LogP contribution is -2.13. The largest absolute Gasteiger partial charge is 0.295 e. The molecule has 2 unspecified atom stereocenters. The first kappa shape index (κ1) is 24.4. The van der Waals surface area contributed by atoms with Crippen molar-refractivity contribution in [3.05, 3.63) is 65.3 Å². The number of rotatable bonds is 8. The third-order valence-electron chi connectivity index (χ3n) is 7.19. The molecule has 1 aromatic rings. The Morgan fingerprint density at radius 2 is 1.88 bits per heavy atom. The van der Waals surface area contributed by atoms with Crippen LogP contribution in [0.25, 0.3) is 0 Å². The molecular formula is C30H41NO. The van der Waals surface area contributed by atoms with Gasteiger partial charge in [-0.15, -0.1) is 0 Å². The molecule has 0 N–H and O–H groups in total. The van der Waals surface area contributed by atoms with Gasteiger partial charge in [-0.3, -0.25) is 9.79 Å². The normalized spacial score (nSPS) is 23.8. The average Bonchev–Trinajstić information content (AvgIpc) is 3.24. The van der Waals surface area contributed by atoms with Gasteiger partial charge in [0.05, 0.1) is 5.69 Å². The molecule has 32 heavy (non-hydrogen) atoms. The summed E-state index contributed by atoms with van der Waals surface area (Å²) in [6.45, 7) is 8.73. The molecule has 2 aliphatic carbocycles. The molecule has 2 nitrogen and oxygen atoms in total. The summed E-state index contributed by atoms with van der Waals surface area (Å²) in [5.41, 5.74) is 6.09. The molecule has 2 aliphatic rings. The van der Waals surface area contributed by atoms with Gasteiger partial charge < -0.3 is 0 Å². The van der Waals surface area contributed by atoms with E-state index in [1.54, 1.807) is 6.08 Å². The van der Waals surface area contributed by atoms with Crippen LogP contribution in [0.1, 0.15) is 97.0 Å². The number of aliphatic imine (C=N–C) groups is 1. The molecule has 0 amide bonds. The molecule has 1 fully saturated rings. The zero-order valence-corrected chi connectivity index (χ0v) is 20.6. The summed E-state index contributed by atoms with van der Waals surface area (Å²) in [6, 6.07) is 8.74. The van der Waals surface area contributed by atoms with E-state index in [2.05, 4.69) is 64.1 Å². The van der Waals surface area contributed by atoms with Crippen LogP contribution in [0.4, 0.5) is 5.69 Å². The fourth-order valence-corrected chi connectivity index (χ4v) is 5.34. The van der Waals surface area contributed by atoms with E-state index in [9.17, 15) is 4.79 Å². The van der Waals surface area contributed by atoms with Crippen LogP contribution in [0, 0.1) is 11.8 Å². The van der Waals surface area contributed by atoms with Crippen molar-refractivity contribution in [1.82, 2.24) is 0 Å². The quantitative estimate of drug-likeness (QED) is 0.379. The second-order valence-corrected chi connectivity index (χ2v) is 9.82. The van der Waals surface area contributed by atoms with Gasteiger partial charge in [-0.1, -0.05) is 76.3 Å². The molecule has 0 heterocycles. The summed E-state index contributed by atoms with van der Waals surface area (Å²) >= 11 is 0. The number of carbonyl (C=O) groups is 1. The van der Waals surface area contributed by atoms with Crippen LogP contribution < -0.4 is 0 Å². The second kappa shape index (κ2) is 12.1. The third kappa shape index (κ3) is 6.89. The Labute approximate surface area is 195 Å². The monoisotopic (exact) mass is 431 g/mol. The minimum Gasteiger partial charge on any atom is -0.295 e. The van der Waals surface area contributed by atoms with E-state index in [1.807, 2.05) is 6.08 Å². The van der Waals surface area contributed by atoms with E-state index in [0.29, 0.717) is 18.3 Å². The second-order valence-electron chi connectivity index (χ2n) is 9.82. The fraction of sp³-hybridized carbons (Fsp3) is 0.533. The molecule has 1 aromatic carbocycles. The summed E-state index contributed by atoms with van der Waals surface area (Å²) in [7, 11) is 0. The van der Waals surface area contributed by atoms with Crippen LogP contribution >= 0.6 is 0 Å².